The van der Waals surface area contributed by atoms with E-state index < -0.39 is 11.7 Å². The van der Waals surface area contributed by atoms with Crippen molar-refractivity contribution in [2.45, 2.75) is 19.4 Å². The van der Waals surface area contributed by atoms with E-state index in [9.17, 15) is 9.59 Å². The third-order valence-corrected chi connectivity index (χ3v) is 7.08. The number of halogens is 1. The van der Waals surface area contributed by atoms with Crippen LogP contribution in [0.15, 0.2) is 69.9 Å². The fraction of sp³-hybridized carbons (Fsp3) is 0.267. The van der Waals surface area contributed by atoms with Crippen LogP contribution in [0.3, 0.4) is 0 Å². The molecule has 2 heterocycles. The molecular formula is C30H28ClNO7. The lowest BCUT2D eigenvalue weighted by Gasteiger charge is -2.37. The minimum atomic E-state index is -0.421. The molecule has 1 aromatic heterocycles. The zero-order valence-electron chi connectivity index (χ0n) is 21.9. The third-order valence-electron chi connectivity index (χ3n) is 6.83. The number of hydrogen-bond donors (Lipinski definition) is 0. The van der Waals surface area contributed by atoms with Crippen molar-refractivity contribution in [3.8, 4) is 23.0 Å². The fourth-order valence-electron chi connectivity index (χ4n) is 4.84. The number of rotatable bonds is 8. The molecule has 1 aliphatic heterocycles. The summed E-state index contributed by atoms with van der Waals surface area (Å²) in [6.07, 6.45) is 0.638. The highest BCUT2D eigenvalue weighted by Gasteiger charge is 2.33. The molecule has 0 spiro atoms. The van der Waals surface area contributed by atoms with Crippen LogP contribution >= 0.6 is 11.6 Å². The molecule has 1 aliphatic rings. The maximum absolute atomic E-state index is 13.4. The topological polar surface area (TPSA) is 87.4 Å². The Labute approximate surface area is 230 Å². The van der Waals surface area contributed by atoms with Crippen LogP contribution in [0.2, 0.25) is 5.02 Å². The molecule has 0 aliphatic carbocycles. The minimum absolute atomic E-state index is 0.138. The van der Waals surface area contributed by atoms with Gasteiger partial charge >= 0.3 is 5.63 Å². The Balaban J connectivity index is 1.43. The molecule has 0 bridgehead atoms. The van der Waals surface area contributed by atoms with Gasteiger partial charge in [-0.1, -0.05) is 11.6 Å². The molecule has 1 unspecified atom stereocenters. The lowest BCUT2D eigenvalue weighted by Crippen LogP contribution is -2.44. The Morgan fingerprint density at radius 2 is 1.69 bits per heavy atom. The summed E-state index contributed by atoms with van der Waals surface area (Å²) in [5.74, 6) is 2.09. The molecule has 3 aromatic carbocycles. The first kappa shape index (κ1) is 26.4. The minimum Gasteiger partial charge on any atom is -0.493 e. The van der Waals surface area contributed by atoms with Gasteiger partial charge in [0.1, 0.15) is 23.7 Å². The van der Waals surface area contributed by atoms with Crippen LogP contribution in [-0.4, -0.2) is 44.8 Å². The van der Waals surface area contributed by atoms with E-state index in [-0.39, 0.29) is 19.1 Å². The first-order chi connectivity index (χ1) is 18.9. The van der Waals surface area contributed by atoms with Gasteiger partial charge in [0.2, 0.25) is 0 Å². The van der Waals surface area contributed by atoms with E-state index >= 15 is 0 Å². The van der Waals surface area contributed by atoms with Crippen molar-refractivity contribution in [1.29, 1.82) is 0 Å². The van der Waals surface area contributed by atoms with Crippen molar-refractivity contribution in [2.75, 3.05) is 34.0 Å². The number of carbonyl (C=O) groups excluding carboxylic acids is 1. The average molecular weight is 550 g/mol. The van der Waals surface area contributed by atoms with Crippen LogP contribution in [0.5, 0.6) is 23.0 Å². The van der Waals surface area contributed by atoms with Crippen LogP contribution < -0.4 is 24.6 Å². The van der Waals surface area contributed by atoms with Gasteiger partial charge in [0.25, 0.3) is 5.91 Å². The highest BCUT2D eigenvalue weighted by molar-refractivity contribution is 6.30. The molecule has 5 rings (SSSR count). The second kappa shape index (κ2) is 11.3. The van der Waals surface area contributed by atoms with E-state index in [2.05, 4.69) is 0 Å². The van der Waals surface area contributed by atoms with Crippen LogP contribution in [0.1, 0.15) is 22.7 Å². The van der Waals surface area contributed by atoms with E-state index in [1.807, 2.05) is 31.2 Å². The summed E-state index contributed by atoms with van der Waals surface area (Å²) in [6.45, 7) is 2.36. The number of methoxy groups -OCH3 is 2. The highest BCUT2D eigenvalue weighted by Crippen LogP contribution is 2.38. The number of aryl methyl sites for hydroxylation is 1. The summed E-state index contributed by atoms with van der Waals surface area (Å²) >= 11 is 5.96. The molecule has 8 nitrogen and oxygen atoms in total. The molecular weight excluding hydrogens is 522 g/mol. The zero-order valence-corrected chi connectivity index (χ0v) is 22.6. The summed E-state index contributed by atoms with van der Waals surface area (Å²) in [5.41, 5.74) is 2.80. The maximum Gasteiger partial charge on any atom is 0.336 e. The molecule has 0 saturated carbocycles. The van der Waals surface area contributed by atoms with Crippen molar-refractivity contribution < 1.29 is 28.2 Å². The molecule has 202 valence electrons. The predicted octanol–water partition coefficient (Wildman–Crippen LogP) is 5.36. The van der Waals surface area contributed by atoms with Crippen LogP contribution in [0.4, 0.5) is 0 Å². The van der Waals surface area contributed by atoms with Gasteiger partial charge in [0.05, 0.1) is 20.3 Å². The zero-order chi connectivity index (χ0) is 27.5. The number of carbonyl (C=O) groups is 1. The standard InChI is InChI=1S/C30H28ClNO7/c1-18-12-30(34)39-26-14-22(8-9-23(18)26)37-16-25-24-15-28(36-3)27(35-2)13-19(24)10-11-32(25)29(33)17-38-21-6-4-20(31)5-7-21/h4-9,12-15,25H,10-11,16-17H2,1-3H3. The van der Waals surface area contributed by atoms with Crippen molar-refractivity contribution in [3.63, 3.8) is 0 Å². The summed E-state index contributed by atoms with van der Waals surface area (Å²) in [6, 6.07) is 17.1. The second-order valence-electron chi connectivity index (χ2n) is 9.22. The molecule has 0 fully saturated rings. The van der Waals surface area contributed by atoms with Gasteiger partial charge in [-0.25, -0.2) is 4.79 Å². The van der Waals surface area contributed by atoms with Crippen LogP contribution in [0, 0.1) is 6.92 Å². The lowest BCUT2D eigenvalue weighted by atomic mass is 9.92. The van der Waals surface area contributed by atoms with Gasteiger partial charge in [-0.3, -0.25) is 4.79 Å². The summed E-state index contributed by atoms with van der Waals surface area (Å²) in [4.78, 5) is 27.0. The molecule has 0 radical (unpaired) electrons. The average Bonchev–Trinajstić information content (AvgIpc) is 2.94. The van der Waals surface area contributed by atoms with Crippen molar-refractivity contribution in [1.82, 2.24) is 4.90 Å². The molecule has 0 N–H and O–H groups in total. The van der Waals surface area contributed by atoms with Gasteiger partial charge in [-0.2, -0.15) is 0 Å². The van der Waals surface area contributed by atoms with Crippen molar-refractivity contribution >= 4 is 28.5 Å². The highest BCUT2D eigenvalue weighted by atomic mass is 35.5. The van der Waals surface area contributed by atoms with E-state index in [0.29, 0.717) is 46.6 Å². The lowest BCUT2D eigenvalue weighted by molar-refractivity contribution is -0.137. The maximum atomic E-state index is 13.4. The first-order valence-electron chi connectivity index (χ1n) is 12.5. The number of nitrogens with zero attached hydrogens (tertiary/aromatic N) is 1. The number of benzene rings is 3. The van der Waals surface area contributed by atoms with E-state index in [1.54, 1.807) is 49.5 Å². The SMILES string of the molecule is COc1cc2c(cc1OC)C(COc1ccc3c(C)cc(=O)oc3c1)N(C(=O)COc1ccc(Cl)cc1)CC2. The summed E-state index contributed by atoms with van der Waals surface area (Å²) in [7, 11) is 3.17. The Hall–Kier alpha value is -4.17. The van der Waals surface area contributed by atoms with E-state index in [1.165, 1.54) is 6.07 Å². The van der Waals surface area contributed by atoms with Crippen molar-refractivity contribution in [2.24, 2.45) is 0 Å². The second-order valence-corrected chi connectivity index (χ2v) is 9.66. The Bertz CT molecular complexity index is 1560. The summed E-state index contributed by atoms with van der Waals surface area (Å²) in [5, 5.41) is 1.42. The Kier molecular flexibility index (Phi) is 7.65. The monoisotopic (exact) mass is 549 g/mol. The van der Waals surface area contributed by atoms with Gasteiger partial charge in [0, 0.05) is 29.1 Å². The van der Waals surface area contributed by atoms with Gasteiger partial charge in [-0.15, -0.1) is 0 Å². The van der Waals surface area contributed by atoms with E-state index in [4.69, 9.17) is 35.0 Å². The molecule has 0 saturated heterocycles. The number of fused-ring (bicyclic) bond motifs is 2. The van der Waals surface area contributed by atoms with Gasteiger partial charge in [0.15, 0.2) is 18.1 Å². The molecule has 4 aromatic rings. The first-order valence-corrected chi connectivity index (χ1v) is 12.8. The molecule has 9 heteroatoms. The largest absolute Gasteiger partial charge is 0.493 e. The van der Waals surface area contributed by atoms with Crippen LogP contribution in [0.25, 0.3) is 11.0 Å². The molecule has 39 heavy (non-hydrogen) atoms. The van der Waals surface area contributed by atoms with Crippen molar-refractivity contribution in [3.05, 3.63) is 92.8 Å². The van der Waals surface area contributed by atoms with E-state index in [0.717, 1.165) is 22.1 Å². The Morgan fingerprint density at radius 3 is 2.44 bits per heavy atom. The van der Waals surface area contributed by atoms with Crippen LogP contribution in [-0.2, 0) is 11.2 Å². The smallest absolute Gasteiger partial charge is 0.336 e. The van der Waals surface area contributed by atoms with Gasteiger partial charge in [-0.05, 0) is 78.6 Å². The number of hydrogen-bond acceptors (Lipinski definition) is 7. The quantitative estimate of drug-likeness (QED) is 0.274. The normalized spacial score (nSPS) is 14.6. The number of amides is 1. The Morgan fingerprint density at radius 1 is 0.974 bits per heavy atom. The third kappa shape index (κ3) is 5.66. The molecule has 1 amide bonds. The molecule has 1 atom stereocenters. The summed E-state index contributed by atoms with van der Waals surface area (Å²) < 4.78 is 28.4. The van der Waals surface area contributed by atoms with Gasteiger partial charge < -0.3 is 28.3 Å². The number of ether oxygens (including phenoxy) is 4. The fourth-order valence-corrected chi connectivity index (χ4v) is 4.96. The predicted molar refractivity (Wildman–Crippen MR) is 147 cm³/mol.